The smallest absolute Gasteiger partial charge is 0.212 e. The molecule has 0 aliphatic heterocycles. The summed E-state index contributed by atoms with van der Waals surface area (Å²) in [5.41, 5.74) is 5.51. The number of fused-ring (bicyclic) bond motifs is 2. The van der Waals surface area contributed by atoms with Crippen LogP contribution in [0.2, 0.25) is 5.02 Å². The summed E-state index contributed by atoms with van der Waals surface area (Å²) in [5, 5.41) is 3.11. The lowest BCUT2D eigenvalue weighted by Gasteiger charge is -2.07. The van der Waals surface area contributed by atoms with Gasteiger partial charge in [0, 0.05) is 27.4 Å². The van der Waals surface area contributed by atoms with Crippen molar-refractivity contribution in [2.24, 2.45) is 0 Å². The van der Waals surface area contributed by atoms with Gasteiger partial charge in [-0.3, -0.25) is 0 Å². The maximum absolute atomic E-state index is 6.05. The van der Waals surface area contributed by atoms with Crippen LogP contribution in [0.25, 0.3) is 33.1 Å². The maximum Gasteiger partial charge on any atom is 0.212 e. The van der Waals surface area contributed by atoms with Crippen molar-refractivity contribution in [3.63, 3.8) is 0 Å². The van der Waals surface area contributed by atoms with E-state index < -0.39 is 0 Å². The topological polar surface area (TPSA) is 16.8 Å². The number of rotatable bonds is 3. The van der Waals surface area contributed by atoms with Gasteiger partial charge in [0.15, 0.2) is 12.7 Å². The highest BCUT2D eigenvalue weighted by atomic mass is 79.9. The molecule has 0 amide bonds. The zero-order valence-electron chi connectivity index (χ0n) is 15.6. The van der Waals surface area contributed by atoms with Crippen molar-refractivity contribution >= 4 is 33.4 Å². The molecule has 0 saturated carbocycles. The molecule has 3 aromatic carbocycles. The van der Waals surface area contributed by atoms with Crippen LogP contribution in [0.15, 0.2) is 97.2 Å². The fourth-order valence-corrected chi connectivity index (χ4v) is 3.72. The molecule has 4 heteroatoms. The Morgan fingerprint density at radius 3 is 2.31 bits per heavy atom. The molecule has 29 heavy (non-hydrogen) atoms. The van der Waals surface area contributed by atoms with Crippen LogP contribution < -0.4 is 21.5 Å². The summed E-state index contributed by atoms with van der Waals surface area (Å²) >= 11 is 6.05. The normalized spacial score (nSPS) is 10.8. The van der Waals surface area contributed by atoms with Crippen LogP contribution in [0, 0.1) is 0 Å². The molecule has 2 nitrogen and oxygen atoms in total. The van der Waals surface area contributed by atoms with Gasteiger partial charge in [0.2, 0.25) is 5.52 Å². The predicted molar refractivity (Wildman–Crippen MR) is 115 cm³/mol. The summed E-state index contributed by atoms with van der Waals surface area (Å²) < 4.78 is 2.28. The minimum Gasteiger partial charge on any atom is -1.00 e. The summed E-state index contributed by atoms with van der Waals surface area (Å²) in [6.45, 7) is 0.777. The molecular weight excluding hydrogens is 444 g/mol. The van der Waals surface area contributed by atoms with E-state index in [0.717, 1.165) is 33.7 Å². The monoisotopic (exact) mass is 460 g/mol. The number of nitrogens with zero attached hydrogens (tertiary/aromatic N) is 2. The van der Waals surface area contributed by atoms with Gasteiger partial charge in [0.1, 0.15) is 0 Å². The molecule has 0 aliphatic carbocycles. The second-order valence-corrected chi connectivity index (χ2v) is 7.37. The number of pyridine rings is 2. The van der Waals surface area contributed by atoms with Gasteiger partial charge < -0.3 is 17.0 Å². The van der Waals surface area contributed by atoms with Crippen LogP contribution in [-0.2, 0) is 6.54 Å². The zero-order chi connectivity index (χ0) is 18.9. The van der Waals surface area contributed by atoms with Crippen molar-refractivity contribution in [3.8, 4) is 11.3 Å². The van der Waals surface area contributed by atoms with Crippen LogP contribution in [0.1, 0.15) is 5.56 Å². The molecule has 0 unspecified atom stereocenters. The first kappa shape index (κ1) is 19.6. The van der Waals surface area contributed by atoms with Crippen LogP contribution in [-0.4, -0.2) is 4.98 Å². The van der Waals surface area contributed by atoms with Crippen molar-refractivity contribution in [1.29, 1.82) is 0 Å². The summed E-state index contributed by atoms with van der Waals surface area (Å²) in [7, 11) is 0. The van der Waals surface area contributed by atoms with E-state index >= 15 is 0 Å². The third kappa shape index (κ3) is 4.02. The fraction of sp³-hybridized carbons (Fsp3) is 0.0400. The molecule has 0 fully saturated rings. The Balaban J connectivity index is 0.00000205. The van der Waals surface area contributed by atoms with Crippen LogP contribution in [0.3, 0.4) is 0 Å². The van der Waals surface area contributed by atoms with Gasteiger partial charge in [0.05, 0.1) is 16.8 Å². The second kappa shape index (κ2) is 8.32. The van der Waals surface area contributed by atoms with E-state index in [0.29, 0.717) is 0 Å². The van der Waals surface area contributed by atoms with E-state index in [-0.39, 0.29) is 17.0 Å². The van der Waals surface area contributed by atoms with Gasteiger partial charge in [-0.1, -0.05) is 60.1 Å². The summed E-state index contributed by atoms with van der Waals surface area (Å²) in [4.78, 5) is 4.88. The molecular formula is C25H18BrClN2. The molecule has 0 atom stereocenters. The first-order valence-electron chi connectivity index (χ1n) is 9.29. The molecule has 0 N–H and O–H groups in total. The summed E-state index contributed by atoms with van der Waals surface area (Å²) in [6, 6.07) is 31.1. The van der Waals surface area contributed by atoms with E-state index in [2.05, 4.69) is 77.5 Å². The molecule has 5 rings (SSSR count). The second-order valence-electron chi connectivity index (χ2n) is 6.93. The molecule has 142 valence electrons. The van der Waals surface area contributed by atoms with Gasteiger partial charge in [-0.15, -0.1) is 0 Å². The number of aromatic nitrogens is 2. The highest BCUT2D eigenvalue weighted by Crippen LogP contribution is 2.23. The lowest BCUT2D eigenvalue weighted by Crippen LogP contribution is -3.00. The Morgan fingerprint density at radius 2 is 1.48 bits per heavy atom. The number of hydrogen-bond acceptors (Lipinski definition) is 1. The molecule has 0 radical (unpaired) electrons. The van der Waals surface area contributed by atoms with E-state index in [1.165, 1.54) is 16.5 Å². The lowest BCUT2D eigenvalue weighted by molar-refractivity contribution is -0.661. The van der Waals surface area contributed by atoms with Crippen LogP contribution >= 0.6 is 11.6 Å². The Hall–Kier alpha value is -2.75. The Bertz CT molecular complexity index is 1300. The summed E-state index contributed by atoms with van der Waals surface area (Å²) in [6.07, 6.45) is 2.19. The first-order valence-corrected chi connectivity index (χ1v) is 9.67. The van der Waals surface area contributed by atoms with Gasteiger partial charge in [-0.25, -0.2) is 4.98 Å². The number of benzene rings is 3. The largest absolute Gasteiger partial charge is 1.00 e. The van der Waals surface area contributed by atoms with E-state index in [1.54, 1.807) is 0 Å². The average Bonchev–Trinajstić information content (AvgIpc) is 2.75. The van der Waals surface area contributed by atoms with E-state index in [4.69, 9.17) is 16.6 Å². The minimum absolute atomic E-state index is 0. The average molecular weight is 462 g/mol. The van der Waals surface area contributed by atoms with Crippen molar-refractivity contribution in [2.45, 2.75) is 6.54 Å². The fourth-order valence-electron chi connectivity index (χ4n) is 3.60. The van der Waals surface area contributed by atoms with Crippen molar-refractivity contribution < 1.29 is 21.5 Å². The Labute approximate surface area is 185 Å². The molecule has 5 aromatic rings. The van der Waals surface area contributed by atoms with E-state index in [9.17, 15) is 0 Å². The minimum atomic E-state index is 0. The highest BCUT2D eigenvalue weighted by molar-refractivity contribution is 6.30. The zero-order valence-corrected chi connectivity index (χ0v) is 17.9. The van der Waals surface area contributed by atoms with Crippen LogP contribution in [0.5, 0.6) is 0 Å². The molecule has 0 bridgehead atoms. The predicted octanol–water partition coefficient (Wildman–Crippen LogP) is 3.05. The molecule has 0 saturated heterocycles. The Morgan fingerprint density at radius 1 is 0.759 bits per heavy atom. The van der Waals surface area contributed by atoms with Crippen LogP contribution in [0.4, 0.5) is 0 Å². The molecule has 2 aromatic heterocycles. The number of para-hydroxylation sites is 2. The highest BCUT2D eigenvalue weighted by Gasteiger charge is 2.14. The molecule has 0 aliphatic rings. The standard InChI is InChI=1S/C25H18ClN2.BrH/c26-22-12-9-18(10-13-22)16-28-17-21(15-20-6-2-4-8-25(20)28)24-14-11-19-5-1-3-7-23(19)27-24;/h1-15,17H,16H2;1H/q+1;/p-1. The number of halogens is 2. The van der Waals surface area contributed by atoms with Crippen molar-refractivity contribution in [1.82, 2.24) is 4.98 Å². The first-order chi connectivity index (χ1) is 13.8. The number of hydrogen-bond donors (Lipinski definition) is 0. The van der Waals surface area contributed by atoms with E-state index in [1.807, 2.05) is 24.3 Å². The van der Waals surface area contributed by atoms with Gasteiger partial charge in [0.25, 0.3) is 0 Å². The summed E-state index contributed by atoms with van der Waals surface area (Å²) in [5.74, 6) is 0. The molecule has 2 heterocycles. The van der Waals surface area contributed by atoms with Crippen molar-refractivity contribution in [2.75, 3.05) is 0 Å². The lowest BCUT2D eigenvalue weighted by atomic mass is 10.1. The third-order valence-corrected chi connectivity index (χ3v) is 5.26. The van der Waals surface area contributed by atoms with Gasteiger partial charge in [-0.2, -0.15) is 4.57 Å². The quantitative estimate of drug-likeness (QED) is 0.377. The third-order valence-electron chi connectivity index (χ3n) is 5.01. The van der Waals surface area contributed by atoms with Crippen molar-refractivity contribution in [3.05, 3.63) is 108 Å². The van der Waals surface area contributed by atoms with Gasteiger partial charge >= 0.3 is 0 Å². The maximum atomic E-state index is 6.05. The van der Waals surface area contributed by atoms with Gasteiger partial charge in [-0.05, 0) is 36.4 Å². The molecule has 0 spiro atoms. The SMILES string of the molecule is Clc1ccc(C[n+]2cc(-c3ccc4ccccc4n3)cc3ccccc32)cc1.[Br-]. The Kier molecular flexibility index (Phi) is 5.61.